The number of carbonyl (C=O) groups excluding carboxylic acids is 1. The van der Waals surface area contributed by atoms with Crippen LogP contribution in [-0.2, 0) is 11.3 Å². The molecule has 2 aliphatic heterocycles. The van der Waals surface area contributed by atoms with E-state index in [1.54, 1.807) is 4.90 Å². The fourth-order valence-corrected chi connectivity index (χ4v) is 4.05. The molecule has 0 bridgehead atoms. The number of amides is 1. The number of rotatable bonds is 6. The molecule has 6 heteroatoms. The lowest BCUT2D eigenvalue weighted by atomic mass is 10.1. The Labute approximate surface area is 179 Å². The maximum Gasteiger partial charge on any atom is 0.236 e. The largest absolute Gasteiger partial charge is 0.486 e. The van der Waals surface area contributed by atoms with Gasteiger partial charge >= 0.3 is 0 Å². The standard InChI is InChI=1S/C24H31N3O3/c1-19-6-5-7-20(14-19)15-26-10-12-27(13-11-26)17-24(28)25(2)16-21-18-29-22-8-3-4-9-23(22)30-21/h3-9,14,21H,10-13,15-18H2,1-2H3/t21-/m0/s1. The van der Waals surface area contributed by atoms with Crippen molar-refractivity contribution in [1.82, 2.24) is 14.7 Å². The lowest BCUT2D eigenvalue weighted by Gasteiger charge is -2.35. The zero-order valence-corrected chi connectivity index (χ0v) is 17.9. The number of benzene rings is 2. The monoisotopic (exact) mass is 409 g/mol. The molecule has 0 radical (unpaired) electrons. The molecule has 6 nitrogen and oxygen atoms in total. The van der Waals surface area contributed by atoms with Gasteiger partial charge in [-0.2, -0.15) is 0 Å². The number of fused-ring (bicyclic) bond motifs is 1. The SMILES string of the molecule is Cc1cccc(CN2CCN(CC(=O)N(C)C[C@H]3COc4ccccc4O3)CC2)c1. The smallest absolute Gasteiger partial charge is 0.236 e. The Morgan fingerprint density at radius 1 is 1.03 bits per heavy atom. The van der Waals surface area contributed by atoms with Crippen LogP contribution in [0.2, 0.25) is 0 Å². The van der Waals surface area contributed by atoms with Crippen LogP contribution in [0.15, 0.2) is 48.5 Å². The first-order chi connectivity index (χ1) is 14.6. The van der Waals surface area contributed by atoms with Crippen molar-refractivity contribution in [3.8, 4) is 11.5 Å². The van der Waals surface area contributed by atoms with Gasteiger partial charge in [-0.3, -0.25) is 14.6 Å². The first kappa shape index (κ1) is 20.7. The number of likely N-dealkylation sites (N-methyl/N-ethyl adjacent to an activating group) is 1. The minimum Gasteiger partial charge on any atom is -0.486 e. The number of ether oxygens (including phenoxy) is 2. The van der Waals surface area contributed by atoms with E-state index in [0.717, 1.165) is 44.2 Å². The average Bonchev–Trinajstić information content (AvgIpc) is 2.75. The number of piperazine rings is 1. The van der Waals surface area contributed by atoms with Gasteiger partial charge in [0.1, 0.15) is 6.61 Å². The predicted octanol–water partition coefficient (Wildman–Crippen LogP) is 2.41. The molecule has 2 aliphatic rings. The Bertz CT molecular complexity index is 864. The van der Waals surface area contributed by atoms with E-state index in [9.17, 15) is 4.79 Å². The average molecular weight is 410 g/mol. The minimum absolute atomic E-state index is 0.129. The van der Waals surface area contributed by atoms with E-state index in [-0.39, 0.29) is 12.0 Å². The molecule has 4 rings (SSSR count). The van der Waals surface area contributed by atoms with Crippen LogP contribution in [0.1, 0.15) is 11.1 Å². The van der Waals surface area contributed by atoms with Crippen molar-refractivity contribution < 1.29 is 14.3 Å². The lowest BCUT2D eigenvalue weighted by molar-refractivity contribution is -0.133. The molecule has 0 unspecified atom stereocenters. The van der Waals surface area contributed by atoms with Crippen LogP contribution in [0.25, 0.3) is 0 Å². The highest BCUT2D eigenvalue weighted by Crippen LogP contribution is 2.30. The molecule has 30 heavy (non-hydrogen) atoms. The molecule has 1 saturated heterocycles. The van der Waals surface area contributed by atoms with Gasteiger partial charge in [0.15, 0.2) is 17.6 Å². The van der Waals surface area contributed by atoms with Gasteiger partial charge in [-0.05, 0) is 24.6 Å². The quantitative estimate of drug-likeness (QED) is 0.733. The van der Waals surface area contributed by atoms with E-state index >= 15 is 0 Å². The normalized spacial score (nSPS) is 19.5. The number of carbonyl (C=O) groups is 1. The second kappa shape index (κ2) is 9.49. The molecule has 0 saturated carbocycles. The summed E-state index contributed by atoms with van der Waals surface area (Å²) in [5, 5.41) is 0. The number of hydrogen-bond acceptors (Lipinski definition) is 5. The second-order valence-corrected chi connectivity index (χ2v) is 8.31. The number of para-hydroxylation sites is 2. The van der Waals surface area contributed by atoms with Crippen molar-refractivity contribution >= 4 is 5.91 Å². The first-order valence-corrected chi connectivity index (χ1v) is 10.7. The highest BCUT2D eigenvalue weighted by Gasteiger charge is 2.25. The summed E-state index contributed by atoms with van der Waals surface area (Å²) in [6, 6.07) is 16.4. The third-order valence-corrected chi connectivity index (χ3v) is 5.78. The van der Waals surface area contributed by atoms with Gasteiger partial charge in [0.05, 0.1) is 13.1 Å². The van der Waals surface area contributed by atoms with Crippen LogP contribution >= 0.6 is 0 Å². The zero-order chi connectivity index (χ0) is 20.9. The topological polar surface area (TPSA) is 45.2 Å². The number of hydrogen-bond donors (Lipinski definition) is 0. The van der Waals surface area contributed by atoms with E-state index in [4.69, 9.17) is 9.47 Å². The van der Waals surface area contributed by atoms with Crippen LogP contribution < -0.4 is 9.47 Å². The van der Waals surface area contributed by atoms with Gasteiger partial charge in [0, 0.05) is 39.8 Å². The fraction of sp³-hybridized carbons (Fsp3) is 0.458. The van der Waals surface area contributed by atoms with Gasteiger partial charge in [-0.1, -0.05) is 42.0 Å². The lowest BCUT2D eigenvalue weighted by Crippen LogP contribution is -2.50. The molecule has 2 heterocycles. The first-order valence-electron chi connectivity index (χ1n) is 10.7. The van der Waals surface area contributed by atoms with E-state index in [0.29, 0.717) is 19.7 Å². The molecular weight excluding hydrogens is 378 g/mol. The van der Waals surface area contributed by atoms with E-state index in [1.807, 2.05) is 31.3 Å². The molecule has 0 N–H and O–H groups in total. The van der Waals surface area contributed by atoms with Crippen LogP contribution in [0, 0.1) is 6.92 Å². The molecule has 1 atom stereocenters. The van der Waals surface area contributed by atoms with Crippen LogP contribution in [0.4, 0.5) is 0 Å². The molecule has 1 fully saturated rings. The van der Waals surface area contributed by atoms with Gasteiger partial charge < -0.3 is 14.4 Å². The summed E-state index contributed by atoms with van der Waals surface area (Å²) in [7, 11) is 1.85. The Morgan fingerprint density at radius 3 is 2.53 bits per heavy atom. The van der Waals surface area contributed by atoms with Crippen molar-refractivity contribution in [2.45, 2.75) is 19.6 Å². The summed E-state index contributed by atoms with van der Waals surface area (Å²) in [6.45, 7) is 8.37. The van der Waals surface area contributed by atoms with Crippen molar-refractivity contribution in [2.24, 2.45) is 0 Å². The highest BCUT2D eigenvalue weighted by molar-refractivity contribution is 5.78. The zero-order valence-electron chi connectivity index (χ0n) is 17.9. The van der Waals surface area contributed by atoms with Crippen molar-refractivity contribution in [2.75, 3.05) is 52.9 Å². The Balaban J connectivity index is 1.20. The number of aryl methyl sites for hydroxylation is 1. The summed E-state index contributed by atoms with van der Waals surface area (Å²) >= 11 is 0. The Morgan fingerprint density at radius 2 is 1.77 bits per heavy atom. The second-order valence-electron chi connectivity index (χ2n) is 8.31. The molecule has 0 aromatic heterocycles. The minimum atomic E-state index is -0.139. The fourth-order valence-electron chi connectivity index (χ4n) is 4.05. The molecule has 1 amide bonds. The third-order valence-electron chi connectivity index (χ3n) is 5.78. The van der Waals surface area contributed by atoms with Crippen molar-refractivity contribution in [1.29, 1.82) is 0 Å². The summed E-state index contributed by atoms with van der Waals surface area (Å²) in [6.07, 6.45) is -0.139. The van der Waals surface area contributed by atoms with Gasteiger partial charge in [-0.15, -0.1) is 0 Å². The maximum atomic E-state index is 12.7. The summed E-state index contributed by atoms with van der Waals surface area (Å²) < 4.78 is 11.7. The van der Waals surface area contributed by atoms with Crippen LogP contribution in [-0.4, -0.2) is 79.6 Å². The number of nitrogens with zero attached hydrogens (tertiary/aromatic N) is 3. The van der Waals surface area contributed by atoms with Crippen LogP contribution in [0.5, 0.6) is 11.5 Å². The van der Waals surface area contributed by atoms with E-state index in [2.05, 4.69) is 41.0 Å². The Kier molecular flexibility index (Phi) is 6.55. The third kappa shape index (κ3) is 5.32. The predicted molar refractivity (Wildman–Crippen MR) is 117 cm³/mol. The molecule has 0 aliphatic carbocycles. The molecule has 0 spiro atoms. The molecule has 160 valence electrons. The molecule has 2 aromatic rings. The maximum absolute atomic E-state index is 12.7. The van der Waals surface area contributed by atoms with Gasteiger partial charge in [-0.25, -0.2) is 0 Å². The van der Waals surface area contributed by atoms with Gasteiger partial charge in [0.25, 0.3) is 0 Å². The van der Waals surface area contributed by atoms with Crippen molar-refractivity contribution in [3.05, 3.63) is 59.7 Å². The highest BCUT2D eigenvalue weighted by atomic mass is 16.6. The van der Waals surface area contributed by atoms with Gasteiger partial charge in [0.2, 0.25) is 5.91 Å². The van der Waals surface area contributed by atoms with Crippen molar-refractivity contribution in [3.63, 3.8) is 0 Å². The molecule has 2 aromatic carbocycles. The summed E-state index contributed by atoms with van der Waals surface area (Å²) in [5.74, 6) is 1.65. The Hall–Kier alpha value is -2.57. The van der Waals surface area contributed by atoms with E-state index in [1.165, 1.54) is 11.1 Å². The van der Waals surface area contributed by atoms with E-state index < -0.39 is 0 Å². The summed E-state index contributed by atoms with van der Waals surface area (Å²) in [5.41, 5.74) is 2.66. The summed E-state index contributed by atoms with van der Waals surface area (Å²) in [4.78, 5) is 19.2. The van der Waals surface area contributed by atoms with Crippen LogP contribution in [0.3, 0.4) is 0 Å². The molecular formula is C24H31N3O3.